The highest BCUT2D eigenvalue weighted by atomic mass is 19.2. The number of nitrogens with zero attached hydrogens (tertiary/aromatic N) is 1. The first-order valence-corrected chi connectivity index (χ1v) is 11.9. The number of hydrogen-bond acceptors (Lipinski definition) is 4. The number of benzene rings is 2. The Morgan fingerprint density at radius 2 is 1.69 bits per heavy atom. The molecule has 0 bridgehead atoms. The van der Waals surface area contributed by atoms with Crippen LogP contribution in [-0.4, -0.2) is 41.1 Å². The van der Waals surface area contributed by atoms with Crippen molar-refractivity contribution in [2.75, 3.05) is 18.4 Å². The van der Waals surface area contributed by atoms with E-state index < -0.39 is 34.9 Å². The summed E-state index contributed by atoms with van der Waals surface area (Å²) in [5, 5.41) is 5.73. The van der Waals surface area contributed by atoms with Crippen molar-refractivity contribution in [2.45, 2.75) is 71.1 Å². The van der Waals surface area contributed by atoms with Crippen LogP contribution in [0.2, 0.25) is 0 Å². The fraction of sp³-hybridized carbons (Fsp3) is 0.481. The second kappa shape index (κ2) is 10.7. The Bertz CT molecular complexity index is 1060. The summed E-state index contributed by atoms with van der Waals surface area (Å²) in [6.07, 6.45) is 1.59. The van der Waals surface area contributed by atoms with Crippen molar-refractivity contribution in [1.29, 1.82) is 0 Å². The van der Waals surface area contributed by atoms with Crippen LogP contribution in [0.15, 0.2) is 42.5 Å². The Hall–Kier alpha value is -3.00. The van der Waals surface area contributed by atoms with Gasteiger partial charge in [-0.3, -0.25) is 15.0 Å². The Labute approximate surface area is 206 Å². The van der Waals surface area contributed by atoms with E-state index in [2.05, 4.69) is 15.5 Å². The predicted octanol–water partition coefficient (Wildman–Crippen LogP) is 5.59. The molecule has 190 valence electrons. The number of halogens is 2. The van der Waals surface area contributed by atoms with E-state index >= 15 is 0 Å². The van der Waals surface area contributed by atoms with Crippen molar-refractivity contribution in [3.8, 4) is 0 Å². The summed E-state index contributed by atoms with van der Waals surface area (Å²) in [5.74, 6) is -2.13. The average Bonchev–Trinajstić information content (AvgIpc) is 3.29. The number of rotatable bonds is 7. The molecular formula is C27H35F2N3O3. The van der Waals surface area contributed by atoms with Crippen LogP contribution in [0, 0.1) is 11.6 Å². The highest BCUT2D eigenvalue weighted by Crippen LogP contribution is 2.34. The molecule has 6 nitrogen and oxygen atoms in total. The molecule has 2 amide bonds. The van der Waals surface area contributed by atoms with Crippen LogP contribution in [-0.2, 0) is 16.0 Å². The minimum absolute atomic E-state index is 0.0557. The van der Waals surface area contributed by atoms with Gasteiger partial charge in [0.15, 0.2) is 11.6 Å². The quantitative estimate of drug-likeness (QED) is 0.534. The van der Waals surface area contributed by atoms with E-state index in [-0.39, 0.29) is 12.3 Å². The second-order valence-corrected chi connectivity index (χ2v) is 10.5. The van der Waals surface area contributed by atoms with E-state index in [0.717, 1.165) is 38.1 Å². The highest BCUT2D eigenvalue weighted by molar-refractivity contribution is 5.85. The molecule has 1 aliphatic rings. The number of ether oxygens (including phenoxy) is 1. The van der Waals surface area contributed by atoms with Gasteiger partial charge in [0.25, 0.3) is 0 Å². The molecule has 1 unspecified atom stereocenters. The summed E-state index contributed by atoms with van der Waals surface area (Å²) in [6, 6.07) is 10.2. The minimum atomic E-state index is -0.945. The number of likely N-dealkylation sites (tertiary alicyclic amines) is 1. The number of amides is 2. The topological polar surface area (TPSA) is 70.7 Å². The summed E-state index contributed by atoms with van der Waals surface area (Å²) in [4.78, 5) is 27.5. The maximum Gasteiger partial charge on any atom is 0.412 e. The normalized spacial score (nSPS) is 15.5. The maximum atomic E-state index is 14.1. The SMILES string of the molecule is CC(C)(C)OC(=O)Nc1cccc(CC(=O)NC(c2ccc(F)c(F)c2)C(C)(C)N2CCCC2)c1. The molecule has 1 atom stereocenters. The van der Waals surface area contributed by atoms with Crippen molar-refractivity contribution in [2.24, 2.45) is 0 Å². The molecule has 3 rings (SSSR count). The second-order valence-electron chi connectivity index (χ2n) is 10.5. The largest absolute Gasteiger partial charge is 0.444 e. The van der Waals surface area contributed by atoms with Gasteiger partial charge in [0.1, 0.15) is 5.60 Å². The predicted molar refractivity (Wildman–Crippen MR) is 132 cm³/mol. The number of nitrogens with one attached hydrogen (secondary N) is 2. The van der Waals surface area contributed by atoms with Gasteiger partial charge in [0, 0.05) is 11.2 Å². The third-order valence-electron chi connectivity index (χ3n) is 6.15. The van der Waals surface area contributed by atoms with Gasteiger partial charge in [-0.15, -0.1) is 0 Å². The lowest BCUT2D eigenvalue weighted by molar-refractivity contribution is -0.122. The standard InChI is InChI=1S/C27H35F2N3O3/c1-26(2,3)35-25(34)30-20-10-8-9-18(15-20)16-23(33)31-24(19-11-12-21(28)22(29)17-19)27(4,5)32-13-6-7-14-32/h8-12,15,17,24H,6-7,13-14,16H2,1-5H3,(H,30,34)(H,31,33). The Kier molecular flexibility index (Phi) is 8.15. The molecule has 1 aliphatic heterocycles. The molecule has 8 heteroatoms. The molecule has 0 saturated carbocycles. The van der Waals surface area contributed by atoms with Crippen LogP contribution < -0.4 is 10.6 Å². The maximum absolute atomic E-state index is 14.1. The number of hydrogen-bond donors (Lipinski definition) is 2. The van der Waals surface area contributed by atoms with Crippen LogP contribution in [0.1, 0.15) is 64.6 Å². The highest BCUT2D eigenvalue weighted by Gasteiger charge is 2.39. The van der Waals surface area contributed by atoms with Gasteiger partial charge in [0.2, 0.25) is 5.91 Å². The van der Waals surface area contributed by atoms with Gasteiger partial charge in [0.05, 0.1) is 12.5 Å². The van der Waals surface area contributed by atoms with E-state index in [9.17, 15) is 18.4 Å². The van der Waals surface area contributed by atoms with Crippen LogP contribution in [0.5, 0.6) is 0 Å². The molecule has 2 aromatic rings. The molecular weight excluding hydrogens is 452 g/mol. The van der Waals surface area contributed by atoms with Gasteiger partial charge in [-0.1, -0.05) is 18.2 Å². The molecule has 2 N–H and O–H groups in total. The van der Waals surface area contributed by atoms with Gasteiger partial charge in [-0.25, -0.2) is 13.6 Å². The third-order valence-corrected chi connectivity index (χ3v) is 6.15. The van der Waals surface area contributed by atoms with Crippen molar-refractivity contribution in [1.82, 2.24) is 10.2 Å². The fourth-order valence-corrected chi connectivity index (χ4v) is 4.41. The molecule has 0 aliphatic carbocycles. The third kappa shape index (κ3) is 7.24. The molecule has 0 spiro atoms. The van der Waals surface area contributed by atoms with Crippen molar-refractivity contribution in [3.05, 3.63) is 65.2 Å². The van der Waals surface area contributed by atoms with Crippen LogP contribution in [0.25, 0.3) is 0 Å². The van der Waals surface area contributed by atoms with E-state index in [1.807, 2.05) is 13.8 Å². The number of anilines is 1. The van der Waals surface area contributed by atoms with Crippen LogP contribution in [0.3, 0.4) is 0 Å². The Morgan fingerprint density at radius 3 is 2.31 bits per heavy atom. The summed E-state index contributed by atoms with van der Waals surface area (Å²) >= 11 is 0. The molecule has 1 saturated heterocycles. The zero-order valence-electron chi connectivity index (χ0n) is 21.1. The smallest absolute Gasteiger partial charge is 0.412 e. The average molecular weight is 488 g/mol. The minimum Gasteiger partial charge on any atom is -0.444 e. The fourth-order valence-electron chi connectivity index (χ4n) is 4.41. The van der Waals surface area contributed by atoms with E-state index in [0.29, 0.717) is 16.8 Å². The summed E-state index contributed by atoms with van der Waals surface area (Å²) < 4.78 is 33.0. The summed E-state index contributed by atoms with van der Waals surface area (Å²) in [6.45, 7) is 11.1. The molecule has 1 heterocycles. The Balaban J connectivity index is 1.76. The van der Waals surface area contributed by atoms with Gasteiger partial charge >= 0.3 is 6.09 Å². The molecule has 0 aromatic heterocycles. The Morgan fingerprint density at radius 1 is 1.00 bits per heavy atom. The lowest BCUT2D eigenvalue weighted by Crippen LogP contribution is -2.53. The van der Waals surface area contributed by atoms with E-state index in [4.69, 9.17) is 4.74 Å². The van der Waals surface area contributed by atoms with E-state index in [1.54, 1.807) is 45.0 Å². The van der Waals surface area contributed by atoms with Gasteiger partial charge in [-0.2, -0.15) is 0 Å². The molecule has 2 aromatic carbocycles. The van der Waals surface area contributed by atoms with Crippen molar-refractivity contribution in [3.63, 3.8) is 0 Å². The molecule has 35 heavy (non-hydrogen) atoms. The number of carbonyl (C=O) groups is 2. The zero-order chi connectivity index (χ0) is 25.8. The zero-order valence-corrected chi connectivity index (χ0v) is 21.1. The van der Waals surface area contributed by atoms with Crippen molar-refractivity contribution >= 4 is 17.7 Å². The van der Waals surface area contributed by atoms with Crippen molar-refractivity contribution < 1.29 is 23.1 Å². The van der Waals surface area contributed by atoms with Crippen LogP contribution >= 0.6 is 0 Å². The lowest BCUT2D eigenvalue weighted by atomic mass is 9.86. The lowest BCUT2D eigenvalue weighted by Gasteiger charge is -2.42. The first kappa shape index (κ1) is 26.6. The van der Waals surface area contributed by atoms with Gasteiger partial charge in [-0.05, 0) is 95.9 Å². The van der Waals surface area contributed by atoms with E-state index in [1.165, 1.54) is 6.07 Å². The molecule has 0 radical (unpaired) electrons. The first-order chi connectivity index (χ1) is 16.3. The summed E-state index contributed by atoms with van der Waals surface area (Å²) in [7, 11) is 0. The van der Waals surface area contributed by atoms with Gasteiger partial charge < -0.3 is 10.1 Å². The summed E-state index contributed by atoms with van der Waals surface area (Å²) in [5.41, 5.74) is 0.572. The monoisotopic (exact) mass is 487 g/mol. The first-order valence-electron chi connectivity index (χ1n) is 11.9. The molecule has 1 fully saturated rings. The number of carbonyl (C=O) groups excluding carboxylic acids is 2. The van der Waals surface area contributed by atoms with Crippen LogP contribution in [0.4, 0.5) is 19.3 Å².